The molecule has 0 saturated carbocycles. The highest BCUT2D eigenvalue weighted by Gasteiger charge is 2.19. The maximum absolute atomic E-state index is 11.2. The van der Waals surface area contributed by atoms with Crippen LogP contribution in [-0.2, 0) is 9.53 Å². The number of benzene rings is 1. The predicted molar refractivity (Wildman–Crippen MR) is 62.6 cm³/mol. The Morgan fingerprint density at radius 1 is 1.35 bits per heavy atom. The summed E-state index contributed by atoms with van der Waals surface area (Å²) in [4.78, 5) is 11.2. The first-order valence-electron chi connectivity index (χ1n) is 5.39. The maximum Gasteiger partial charge on any atom is 0.325 e. The summed E-state index contributed by atoms with van der Waals surface area (Å²) >= 11 is 0. The Bertz CT molecular complexity index is 340. The first-order valence-corrected chi connectivity index (χ1v) is 5.39. The fourth-order valence-electron chi connectivity index (χ4n) is 1.11. The predicted octanol–water partition coefficient (Wildman–Crippen LogP) is 0.317. The second kappa shape index (κ2) is 6.88. The number of nitrogens with two attached hydrogens (primary N) is 1. The van der Waals surface area contributed by atoms with E-state index in [-0.39, 0.29) is 13.2 Å². The Labute approximate surface area is 100 Å². The first-order chi connectivity index (χ1) is 8.11. The van der Waals surface area contributed by atoms with Gasteiger partial charge in [-0.25, -0.2) is 0 Å². The molecule has 0 aromatic heterocycles. The molecule has 0 fully saturated rings. The van der Waals surface area contributed by atoms with Gasteiger partial charge in [-0.3, -0.25) is 4.79 Å². The molecule has 0 amide bonds. The van der Waals surface area contributed by atoms with E-state index < -0.39 is 18.1 Å². The van der Waals surface area contributed by atoms with E-state index in [1.807, 2.05) is 30.3 Å². The van der Waals surface area contributed by atoms with Gasteiger partial charge in [0.15, 0.2) is 0 Å². The molecule has 0 saturated heterocycles. The monoisotopic (exact) mass is 239 g/mol. The lowest BCUT2D eigenvalue weighted by molar-refractivity contribution is -0.148. The summed E-state index contributed by atoms with van der Waals surface area (Å²) in [6.45, 7) is 1.79. The van der Waals surface area contributed by atoms with E-state index >= 15 is 0 Å². The van der Waals surface area contributed by atoms with Crippen LogP contribution in [0.4, 0.5) is 0 Å². The Morgan fingerprint density at radius 3 is 2.59 bits per heavy atom. The molecule has 0 aliphatic heterocycles. The molecular formula is C12H17NO4. The number of carbonyl (C=O) groups is 1. The van der Waals surface area contributed by atoms with Crippen LogP contribution in [0, 0.1) is 0 Å². The summed E-state index contributed by atoms with van der Waals surface area (Å²) in [5.74, 6) is 0.0834. The van der Waals surface area contributed by atoms with E-state index in [1.165, 1.54) is 6.92 Å². The molecule has 0 aliphatic carbocycles. The molecular weight excluding hydrogens is 222 g/mol. The summed E-state index contributed by atoms with van der Waals surface area (Å²) in [5, 5.41) is 9.07. The zero-order chi connectivity index (χ0) is 12.7. The van der Waals surface area contributed by atoms with Gasteiger partial charge in [-0.1, -0.05) is 18.2 Å². The van der Waals surface area contributed by atoms with Crippen molar-refractivity contribution in [2.75, 3.05) is 13.2 Å². The van der Waals surface area contributed by atoms with Crippen LogP contribution in [0.15, 0.2) is 30.3 Å². The van der Waals surface area contributed by atoms with Gasteiger partial charge in [-0.05, 0) is 19.1 Å². The second-order valence-corrected chi connectivity index (χ2v) is 3.60. The normalized spacial score (nSPS) is 13.8. The molecule has 0 aliphatic rings. The van der Waals surface area contributed by atoms with Gasteiger partial charge < -0.3 is 20.3 Å². The molecule has 0 unspecified atom stereocenters. The SMILES string of the molecule is C[C@@H](O)[C@H](N)C(=O)OCCOc1ccccc1. The highest BCUT2D eigenvalue weighted by atomic mass is 16.6. The van der Waals surface area contributed by atoms with E-state index in [0.29, 0.717) is 5.75 Å². The molecule has 0 heterocycles. The molecule has 3 N–H and O–H groups in total. The summed E-state index contributed by atoms with van der Waals surface area (Å²) in [5.41, 5.74) is 5.39. The lowest BCUT2D eigenvalue weighted by Crippen LogP contribution is -2.41. The van der Waals surface area contributed by atoms with Crippen LogP contribution in [0.2, 0.25) is 0 Å². The van der Waals surface area contributed by atoms with Crippen LogP contribution < -0.4 is 10.5 Å². The Hall–Kier alpha value is -1.59. The minimum absolute atomic E-state index is 0.105. The second-order valence-electron chi connectivity index (χ2n) is 3.60. The molecule has 1 aromatic carbocycles. The lowest BCUT2D eigenvalue weighted by atomic mass is 10.2. The van der Waals surface area contributed by atoms with E-state index in [0.717, 1.165) is 0 Å². The number of carbonyl (C=O) groups excluding carboxylic acids is 1. The Balaban J connectivity index is 2.18. The quantitative estimate of drug-likeness (QED) is 0.552. The molecule has 1 rings (SSSR count). The largest absolute Gasteiger partial charge is 0.490 e. The molecule has 1 aromatic rings. The third-order valence-electron chi connectivity index (χ3n) is 2.13. The van der Waals surface area contributed by atoms with Gasteiger partial charge in [0.05, 0.1) is 6.10 Å². The average molecular weight is 239 g/mol. The zero-order valence-corrected chi connectivity index (χ0v) is 9.70. The van der Waals surface area contributed by atoms with Crippen LogP contribution >= 0.6 is 0 Å². The number of hydrogen-bond donors (Lipinski definition) is 2. The molecule has 0 radical (unpaired) electrons. The third kappa shape index (κ3) is 4.84. The van der Waals surface area contributed by atoms with Crippen LogP contribution in [0.25, 0.3) is 0 Å². The van der Waals surface area contributed by atoms with Crippen molar-refractivity contribution in [2.45, 2.75) is 19.1 Å². The third-order valence-corrected chi connectivity index (χ3v) is 2.13. The molecule has 5 nitrogen and oxygen atoms in total. The van der Waals surface area contributed by atoms with Gasteiger partial charge >= 0.3 is 5.97 Å². The Morgan fingerprint density at radius 2 is 2.00 bits per heavy atom. The summed E-state index contributed by atoms with van der Waals surface area (Å²) in [7, 11) is 0. The zero-order valence-electron chi connectivity index (χ0n) is 9.70. The number of rotatable bonds is 6. The Kier molecular flexibility index (Phi) is 5.45. The highest BCUT2D eigenvalue weighted by molar-refractivity contribution is 5.76. The average Bonchev–Trinajstić information content (AvgIpc) is 2.34. The minimum Gasteiger partial charge on any atom is -0.490 e. The molecule has 2 atom stereocenters. The maximum atomic E-state index is 11.2. The van der Waals surface area contributed by atoms with Crippen molar-refractivity contribution in [1.82, 2.24) is 0 Å². The van der Waals surface area contributed by atoms with Crippen LogP contribution in [0.3, 0.4) is 0 Å². The van der Waals surface area contributed by atoms with Gasteiger partial charge in [-0.15, -0.1) is 0 Å². The van der Waals surface area contributed by atoms with Crippen LogP contribution in [0.5, 0.6) is 5.75 Å². The van der Waals surface area contributed by atoms with Crippen molar-refractivity contribution in [1.29, 1.82) is 0 Å². The number of aliphatic hydroxyl groups is 1. The number of hydrogen-bond acceptors (Lipinski definition) is 5. The van der Waals surface area contributed by atoms with Crippen molar-refractivity contribution < 1.29 is 19.4 Å². The molecule has 94 valence electrons. The first kappa shape index (κ1) is 13.5. The molecule has 5 heteroatoms. The van der Waals surface area contributed by atoms with Crippen LogP contribution in [0.1, 0.15) is 6.92 Å². The summed E-state index contributed by atoms with van der Waals surface area (Å²) in [6.07, 6.45) is -0.919. The van der Waals surface area contributed by atoms with Gasteiger partial charge in [0.25, 0.3) is 0 Å². The van der Waals surface area contributed by atoms with E-state index in [9.17, 15) is 4.79 Å². The fraction of sp³-hybridized carbons (Fsp3) is 0.417. The van der Waals surface area contributed by atoms with Crippen molar-refractivity contribution in [3.63, 3.8) is 0 Å². The minimum atomic E-state index is -1.01. The number of aliphatic hydroxyl groups excluding tert-OH is 1. The number of para-hydroxylation sites is 1. The fourth-order valence-corrected chi connectivity index (χ4v) is 1.11. The van der Waals surface area contributed by atoms with Crippen molar-refractivity contribution in [3.8, 4) is 5.75 Å². The van der Waals surface area contributed by atoms with Gasteiger partial charge in [0.1, 0.15) is 25.0 Å². The van der Waals surface area contributed by atoms with E-state index in [4.69, 9.17) is 20.3 Å². The van der Waals surface area contributed by atoms with Gasteiger partial charge in [0.2, 0.25) is 0 Å². The summed E-state index contributed by atoms with van der Waals surface area (Å²) < 4.78 is 10.2. The van der Waals surface area contributed by atoms with E-state index in [1.54, 1.807) is 0 Å². The topological polar surface area (TPSA) is 81.8 Å². The lowest BCUT2D eigenvalue weighted by Gasteiger charge is -2.13. The number of esters is 1. The number of ether oxygens (including phenoxy) is 2. The van der Waals surface area contributed by atoms with Gasteiger partial charge in [-0.2, -0.15) is 0 Å². The van der Waals surface area contributed by atoms with Crippen molar-refractivity contribution >= 4 is 5.97 Å². The smallest absolute Gasteiger partial charge is 0.325 e. The molecule has 0 bridgehead atoms. The summed E-state index contributed by atoms with van der Waals surface area (Å²) in [6, 6.07) is 8.20. The standard InChI is InChI=1S/C12H17NO4/c1-9(14)11(13)12(15)17-8-7-16-10-5-3-2-4-6-10/h2-6,9,11,14H,7-8,13H2,1H3/t9-,11+/m1/s1. The van der Waals surface area contributed by atoms with Crippen molar-refractivity contribution in [2.24, 2.45) is 5.73 Å². The van der Waals surface area contributed by atoms with Gasteiger partial charge in [0, 0.05) is 0 Å². The highest BCUT2D eigenvalue weighted by Crippen LogP contribution is 2.07. The van der Waals surface area contributed by atoms with Crippen LogP contribution in [-0.4, -0.2) is 36.4 Å². The molecule has 0 spiro atoms. The van der Waals surface area contributed by atoms with E-state index in [2.05, 4.69) is 0 Å². The van der Waals surface area contributed by atoms with Crippen molar-refractivity contribution in [3.05, 3.63) is 30.3 Å². The molecule has 17 heavy (non-hydrogen) atoms.